The van der Waals surface area contributed by atoms with Crippen LogP contribution in [0.1, 0.15) is 5.56 Å². The Morgan fingerprint density at radius 3 is 2.61 bits per heavy atom. The fourth-order valence-electron chi connectivity index (χ4n) is 2.36. The molecular weight excluding hydrogens is 288 g/mol. The highest BCUT2D eigenvalue weighted by atomic mass is 15.3. The number of nitrogens with one attached hydrogen (secondary N) is 1. The Morgan fingerprint density at radius 2 is 1.83 bits per heavy atom. The highest BCUT2D eigenvalue weighted by Crippen LogP contribution is 2.24. The molecule has 0 aliphatic carbocycles. The van der Waals surface area contributed by atoms with Gasteiger partial charge in [-0.3, -0.25) is 0 Å². The smallest absolute Gasteiger partial charge is 0.170 e. The van der Waals surface area contributed by atoms with Gasteiger partial charge in [-0.1, -0.05) is 23.8 Å². The molecule has 0 aliphatic rings. The second-order valence-corrected chi connectivity index (χ2v) is 5.19. The minimum absolute atomic E-state index is 0.716. The maximum absolute atomic E-state index is 4.39. The van der Waals surface area contributed by atoms with Gasteiger partial charge in [-0.05, 0) is 31.2 Å². The summed E-state index contributed by atoms with van der Waals surface area (Å²) in [6, 6.07) is 13.8. The van der Waals surface area contributed by atoms with Crippen LogP contribution in [0, 0.1) is 6.92 Å². The van der Waals surface area contributed by atoms with Gasteiger partial charge in [-0.2, -0.15) is 9.78 Å². The quantitative estimate of drug-likeness (QED) is 0.629. The topological polar surface area (TPSA) is 68.5 Å². The second-order valence-electron chi connectivity index (χ2n) is 5.19. The van der Waals surface area contributed by atoms with Crippen molar-refractivity contribution in [2.45, 2.75) is 6.92 Å². The minimum atomic E-state index is 0.716. The first kappa shape index (κ1) is 13.4. The molecule has 0 saturated carbocycles. The number of anilines is 2. The Bertz CT molecular complexity index is 944. The van der Waals surface area contributed by atoms with E-state index in [1.165, 1.54) is 11.9 Å². The van der Waals surface area contributed by atoms with Crippen molar-refractivity contribution >= 4 is 22.5 Å². The van der Waals surface area contributed by atoms with E-state index in [1.807, 2.05) is 30.3 Å². The third-order valence-corrected chi connectivity index (χ3v) is 3.55. The third-order valence-electron chi connectivity index (χ3n) is 3.55. The number of nitrogens with zero attached hydrogens (tertiary/aromatic N) is 5. The number of aromatic nitrogens is 5. The Labute approximate surface area is 132 Å². The van der Waals surface area contributed by atoms with Crippen molar-refractivity contribution < 1.29 is 0 Å². The minimum Gasteiger partial charge on any atom is -0.340 e. The van der Waals surface area contributed by atoms with Crippen molar-refractivity contribution in [2.24, 2.45) is 0 Å². The Kier molecular flexibility index (Phi) is 3.20. The lowest BCUT2D eigenvalue weighted by molar-refractivity contribution is 0.861. The number of pyridine rings is 1. The molecular formula is C17H14N6. The van der Waals surface area contributed by atoms with Crippen LogP contribution < -0.4 is 5.32 Å². The molecule has 23 heavy (non-hydrogen) atoms. The van der Waals surface area contributed by atoms with E-state index in [-0.39, 0.29) is 0 Å². The van der Waals surface area contributed by atoms with Crippen LogP contribution in [-0.4, -0.2) is 24.7 Å². The molecule has 6 nitrogen and oxygen atoms in total. The number of aryl methyl sites for hydroxylation is 1. The van der Waals surface area contributed by atoms with E-state index in [0.717, 1.165) is 22.7 Å². The monoisotopic (exact) mass is 302 g/mol. The van der Waals surface area contributed by atoms with E-state index in [4.69, 9.17) is 0 Å². The van der Waals surface area contributed by atoms with E-state index in [2.05, 4.69) is 44.4 Å². The Balaban J connectivity index is 1.77. The molecule has 3 aromatic heterocycles. The van der Waals surface area contributed by atoms with Crippen molar-refractivity contribution in [2.75, 3.05) is 5.32 Å². The molecule has 6 heteroatoms. The summed E-state index contributed by atoms with van der Waals surface area (Å²) < 4.78 is 1.71. The van der Waals surface area contributed by atoms with Crippen molar-refractivity contribution in [3.8, 4) is 5.82 Å². The number of hydrogen-bond donors (Lipinski definition) is 1. The van der Waals surface area contributed by atoms with Crippen LogP contribution >= 0.6 is 0 Å². The summed E-state index contributed by atoms with van der Waals surface area (Å²) in [5.74, 6) is 1.45. The van der Waals surface area contributed by atoms with Crippen molar-refractivity contribution in [3.05, 3.63) is 66.7 Å². The molecule has 0 spiro atoms. The molecule has 0 unspecified atom stereocenters. The van der Waals surface area contributed by atoms with Crippen LogP contribution in [0.2, 0.25) is 0 Å². The average Bonchev–Trinajstić information content (AvgIpc) is 3.03. The molecule has 4 rings (SSSR count). The van der Waals surface area contributed by atoms with Crippen LogP contribution in [0.3, 0.4) is 0 Å². The third kappa shape index (κ3) is 2.50. The summed E-state index contributed by atoms with van der Waals surface area (Å²) in [4.78, 5) is 13.0. The van der Waals surface area contributed by atoms with Crippen molar-refractivity contribution in [3.63, 3.8) is 0 Å². The molecule has 1 N–H and O–H groups in total. The van der Waals surface area contributed by atoms with Gasteiger partial charge in [0.2, 0.25) is 0 Å². The van der Waals surface area contributed by atoms with Crippen molar-refractivity contribution in [1.82, 2.24) is 24.7 Å². The molecule has 0 atom stereocenters. The molecule has 1 aromatic carbocycles. The SMILES string of the molecule is Cc1ccc(Nc2ncnc3c2cnn3-c2ccccn2)cc1. The average molecular weight is 302 g/mol. The molecule has 112 valence electrons. The van der Waals surface area contributed by atoms with Gasteiger partial charge in [0, 0.05) is 11.9 Å². The van der Waals surface area contributed by atoms with E-state index in [9.17, 15) is 0 Å². The predicted octanol–water partition coefficient (Wildman–Crippen LogP) is 3.26. The summed E-state index contributed by atoms with van der Waals surface area (Å²) in [6.45, 7) is 2.06. The maximum Gasteiger partial charge on any atom is 0.170 e. The second kappa shape index (κ2) is 5.49. The Morgan fingerprint density at radius 1 is 0.957 bits per heavy atom. The largest absolute Gasteiger partial charge is 0.340 e. The van der Waals surface area contributed by atoms with Crippen LogP contribution in [0.15, 0.2) is 61.2 Å². The number of fused-ring (bicyclic) bond motifs is 1. The summed E-state index contributed by atoms with van der Waals surface area (Å²) in [6.07, 6.45) is 5.01. The zero-order valence-electron chi connectivity index (χ0n) is 12.5. The van der Waals surface area contributed by atoms with Crippen LogP contribution in [-0.2, 0) is 0 Å². The first-order valence-corrected chi connectivity index (χ1v) is 7.25. The predicted molar refractivity (Wildman–Crippen MR) is 88.9 cm³/mol. The van der Waals surface area contributed by atoms with Gasteiger partial charge >= 0.3 is 0 Å². The van der Waals surface area contributed by atoms with E-state index in [0.29, 0.717) is 5.65 Å². The van der Waals surface area contributed by atoms with Gasteiger partial charge in [-0.15, -0.1) is 0 Å². The number of hydrogen-bond acceptors (Lipinski definition) is 5. The summed E-state index contributed by atoms with van der Waals surface area (Å²) in [5, 5.41) is 8.55. The zero-order chi connectivity index (χ0) is 15.6. The molecule has 0 radical (unpaired) electrons. The summed E-state index contributed by atoms with van der Waals surface area (Å²) >= 11 is 0. The fourth-order valence-corrected chi connectivity index (χ4v) is 2.36. The molecule has 0 saturated heterocycles. The van der Waals surface area contributed by atoms with Gasteiger partial charge in [-0.25, -0.2) is 15.0 Å². The number of benzene rings is 1. The lowest BCUT2D eigenvalue weighted by Crippen LogP contribution is -2.01. The highest BCUT2D eigenvalue weighted by Gasteiger charge is 2.11. The highest BCUT2D eigenvalue weighted by molar-refractivity contribution is 5.88. The fraction of sp³-hybridized carbons (Fsp3) is 0.0588. The molecule has 4 aromatic rings. The van der Waals surface area contributed by atoms with Crippen LogP contribution in [0.4, 0.5) is 11.5 Å². The first-order chi connectivity index (χ1) is 11.3. The zero-order valence-corrected chi connectivity index (χ0v) is 12.5. The Hall–Kier alpha value is -3.28. The van der Waals surface area contributed by atoms with Crippen LogP contribution in [0.25, 0.3) is 16.9 Å². The molecule has 0 amide bonds. The van der Waals surface area contributed by atoms with Gasteiger partial charge in [0.1, 0.15) is 12.1 Å². The van der Waals surface area contributed by atoms with E-state index < -0.39 is 0 Å². The van der Waals surface area contributed by atoms with Gasteiger partial charge < -0.3 is 5.32 Å². The lowest BCUT2D eigenvalue weighted by Gasteiger charge is -2.07. The van der Waals surface area contributed by atoms with E-state index in [1.54, 1.807) is 17.1 Å². The van der Waals surface area contributed by atoms with Gasteiger partial charge in [0.15, 0.2) is 11.5 Å². The summed E-state index contributed by atoms with van der Waals surface area (Å²) in [5.41, 5.74) is 2.90. The maximum atomic E-state index is 4.39. The lowest BCUT2D eigenvalue weighted by atomic mass is 10.2. The number of rotatable bonds is 3. The van der Waals surface area contributed by atoms with Gasteiger partial charge in [0.05, 0.1) is 11.6 Å². The summed E-state index contributed by atoms with van der Waals surface area (Å²) in [7, 11) is 0. The first-order valence-electron chi connectivity index (χ1n) is 7.25. The van der Waals surface area contributed by atoms with Crippen molar-refractivity contribution in [1.29, 1.82) is 0 Å². The van der Waals surface area contributed by atoms with E-state index >= 15 is 0 Å². The molecule has 3 heterocycles. The molecule has 0 aliphatic heterocycles. The molecule has 0 bridgehead atoms. The standard InChI is InChI=1S/C17H14N6/c1-12-5-7-13(8-6-12)22-16-14-10-21-23(17(14)20-11-19-16)15-4-2-3-9-18-15/h2-11H,1H3,(H,19,20,22). The normalized spacial score (nSPS) is 10.8. The van der Waals surface area contributed by atoms with Crippen LogP contribution in [0.5, 0.6) is 0 Å². The van der Waals surface area contributed by atoms with Gasteiger partial charge in [0.25, 0.3) is 0 Å². The molecule has 0 fully saturated rings.